The van der Waals surface area contributed by atoms with E-state index in [4.69, 9.17) is 0 Å². The van der Waals surface area contributed by atoms with E-state index < -0.39 is 4.92 Å². The fourth-order valence-corrected chi connectivity index (χ4v) is 1.42. The van der Waals surface area contributed by atoms with Crippen molar-refractivity contribution in [1.29, 1.82) is 0 Å². The summed E-state index contributed by atoms with van der Waals surface area (Å²) in [5.41, 5.74) is 0.750. The van der Waals surface area contributed by atoms with Crippen LogP contribution in [0.5, 0.6) is 0 Å². The first-order chi connectivity index (χ1) is 9.04. The van der Waals surface area contributed by atoms with Gasteiger partial charge in [-0.15, -0.1) is 0 Å². The van der Waals surface area contributed by atoms with Crippen LogP contribution >= 0.6 is 0 Å². The van der Waals surface area contributed by atoms with Crippen LogP contribution in [0.15, 0.2) is 29.4 Å². The first-order valence-corrected chi connectivity index (χ1v) is 6.11. The number of nitrogens with zero attached hydrogens (tertiary/aromatic N) is 3. The predicted octanol–water partition coefficient (Wildman–Crippen LogP) is 2.58. The van der Waals surface area contributed by atoms with Gasteiger partial charge in [0.15, 0.2) is 0 Å². The zero-order valence-electron chi connectivity index (χ0n) is 11.1. The number of hydrogen-bond donors (Lipinski definition) is 0. The highest BCUT2D eigenvalue weighted by Gasteiger charge is 2.06. The lowest BCUT2D eigenvalue weighted by Gasteiger charge is -2.13. The van der Waals surface area contributed by atoms with Gasteiger partial charge in [-0.3, -0.25) is 14.9 Å². The highest BCUT2D eigenvalue weighted by atomic mass is 16.6. The zero-order chi connectivity index (χ0) is 14.3. The molecule has 0 aliphatic carbocycles. The van der Waals surface area contributed by atoms with E-state index in [0.29, 0.717) is 12.1 Å². The van der Waals surface area contributed by atoms with Gasteiger partial charge in [-0.05, 0) is 24.1 Å². The maximum absolute atomic E-state index is 11.3. The molecule has 0 bridgehead atoms. The molecular weight excluding hydrogens is 246 g/mol. The summed E-state index contributed by atoms with van der Waals surface area (Å²) in [6, 6.07) is 6.01. The summed E-state index contributed by atoms with van der Waals surface area (Å²) in [6.45, 7) is 4.08. The summed E-state index contributed by atoms with van der Waals surface area (Å²) in [5.74, 6) is -0.119. The molecule has 1 amide bonds. The minimum absolute atomic E-state index is 0.0338. The topological polar surface area (TPSA) is 75.8 Å². The number of hydrogen-bond acceptors (Lipinski definition) is 4. The maximum Gasteiger partial charge on any atom is 0.269 e. The Labute approximate surface area is 111 Å². The van der Waals surface area contributed by atoms with Crippen LogP contribution in [0.1, 0.15) is 32.3 Å². The SMILES string of the molecule is CCCCN(/N=C/c1ccc([N+](=O)[O-])cc1)C(C)=O. The lowest BCUT2D eigenvalue weighted by molar-refractivity contribution is -0.384. The largest absolute Gasteiger partial charge is 0.273 e. The van der Waals surface area contributed by atoms with Crippen molar-refractivity contribution in [3.8, 4) is 0 Å². The van der Waals surface area contributed by atoms with E-state index in [1.54, 1.807) is 12.1 Å². The van der Waals surface area contributed by atoms with Crippen LogP contribution in [-0.4, -0.2) is 28.6 Å². The Morgan fingerprint density at radius 3 is 2.53 bits per heavy atom. The number of non-ortho nitro benzene ring substituents is 1. The van der Waals surface area contributed by atoms with Crippen molar-refractivity contribution in [2.24, 2.45) is 5.10 Å². The molecule has 0 aromatic heterocycles. The monoisotopic (exact) mass is 263 g/mol. The highest BCUT2D eigenvalue weighted by Crippen LogP contribution is 2.10. The zero-order valence-corrected chi connectivity index (χ0v) is 11.1. The van der Waals surface area contributed by atoms with E-state index in [9.17, 15) is 14.9 Å². The smallest absolute Gasteiger partial charge is 0.269 e. The van der Waals surface area contributed by atoms with E-state index in [1.807, 2.05) is 6.92 Å². The first kappa shape index (κ1) is 14.8. The predicted molar refractivity (Wildman–Crippen MR) is 73.0 cm³/mol. The van der Waals surface area contributed by atoms with Crippen LogP contribution in [0.2, 0.25) is 0 Å². The minimum atomic E-state index is -0.454. The fourth-order valence-electron chi connectivity index (χ4n) is 1.42. The third-order valence-electron chi connectivity index (χ3n) is 2.54. The fraction of sp³-hybridized carbons (Fsp3) is 0.385. The van der Waals surface area contributed by atoms with E-state index in [-0.39, 0.29) is 11.6 Å². The van der Waals surface area contributed by atoms with E-state index in [0.717, 1.165) is 12.8 Å². The molecule has 19 heavy (non-hydrogen) atoms. The number of rotatable bonds is 6. The van der Waals surface area contributed by atoms with Gasteiger partial charge in [0.2, 0.25) is 5.91 Å². The summed E-state index contributed by atoms with van der Waals surface area (Å²) in [7, 11) is 0. The Hall–Kier alpha value is -2.24. The molecule has 1 aromatic rings. The van der Waals surface area contributed by atoms with Gasteiger partial charge in [0.05, 0.1) is 11.1 Å². The Morgan fingerprint density at radius 2 is 2.05 bits per heavy atom. The molecule has 0 N–H and O–H groups in total. The van der Waals surface area contributed by atoms with Gasteiger partial charge in [-0.2, -0.15) is 5.10 Å². The number of hydrazone groups is 1. The van der Waals surface area contributed by atoms with Crippen LogP contribution in [0.25, 0.3) is 0 Å². The number of nitro benzene ring substituents is 1. The van der Waals surface area contributed by atoms with Crippen LogP contribution in [0.4, 0.5) is 5.69 Å². The van der Waals surface area contributed by atoms with Crippen molar-refractivity contribution in [3.05, 3.63) is 39.9 Å². The molecule has 0 spiro atoms. The van der Waals surface area contributed by atoms with Crippen molar-refractivity contribution in [1.82, 2.24) is 5.01 Å². The van der Waals surface area contributed by atoms with Crippen molar-refractivity contribution in [3.63, 3.8) is 0 Å². The maximum atomic E-state index is 11.3. The minimum Gasteiger partial charge on any atom is -0.273 e. The number of carbonyl (C=O) groups is 1. The molecule has 1 aromatic carbocycles. The third kappa shape index (κ3) is 4.87. The summed E-state index contributed by atoms with van der Waals surface area (Å²) >= 11 is 0. The summed E-state index contributed by atoms with van der Waals surface area (Å²) in [6.07, 6.45) is 3.40. The van der Waals surface area contributed by atoms with E-state index in [2.05, 4.69) is 5.10 Å². The second-order valence-electron chi connectivity index (χ2n) is 4.09. The highest BCUT2D eigenvalue weighted by molar-refractivity contribution is 5.82. The average Bonchev–Trinajstić information content (AvgIpc) is 2.39. The van der Waals surface area contributed by atoms with Gasteiger partial charge in [0, 0.05) is 25.6 Å². The molecule has 0 unspecified atom stereocenters. The second kappa shape index (κ2) is 7.25. The molecule has 0 heterocycles. The van der Waals surface area contributed by atoms with Crippen LogP contribution in [-0.2, 0) is 4.79 Å². The molecular formula is C13H17N3O3. The Morgan fingerprint density at radius 1 is 1.42 bits per heavy atom. The lowest BCUT2D eigenvalue weighted by Crippen LogP contribution is -2.24. The molecule has 0 saturated carbocycles. The van der Waals surface area contributed by atoms with Gasteiger partial charge in [0.25, 0.3) is 5.69 Å². The molecule has 0 atom stereocenters. The van der Waals surface area contributed by atoms with E-state index in [1.165, 1.54) is 30.3 Å². The van der Waals surface area contributed by atoms with Crippen molar-refractivity contribution >= 4 is 17.8 Å². The third-order valence-corrected chi connectivity index (χ3v) is 2.54. The standard InChI is InChI=1S/C13H17N3O3/c1-3-4-9-15(11(2)17)14-10-12-5-7-13(8-6-12)16(18)19/h5-8,10H,3-4,9H2,1-2H3/b14-10+. The molecule has 0 saturated heterocycles. The van der Waals surface area contributed by atoms with Crippen LogP contribution in [0, 0.1) is 10.1 Å². The number of unbranched alkanes of at least 4 members (excludes halogenated alkanes) is 1. The molecule has 0 fully saturated rings. The van der Waals surface area contributed by atoms with Gasteiger partial charge < -0.3 is 0 Å². The molecule has 0 aliphatic heterocycles. The van der Waals surface area contributed by atoms with Crippen molar-refractivity contribution < 1.29 is 9.72 Å². The molecule has 0 aliphatic rings. The Bertz CT molecular complexity index is 469. The van der Waals surface area contributed by atoms with Crippen LogP contribution in [0.3, 0.4) is 0 Å². The van der Waals surface area contributed by atoms with Gasteiger partial charge >= 0.3 is 0 Å². The van der Waals surface area contributed by atoms with Crippen molar-refractivity contribution in [2.75, 3.05) is 6.54 Å². The quantitative estimate of drug-likeness (QED) is 0.449. The average molecular weight is 263 g/mol. The normalized spacial score (nSPS) is 10.6. The molecule has 6 nitrogen and oxygen atoms in total. The number of amides is 1. The van der Waals surface area contributed by atoms with Gasteiger partial charge in [0.1, 0.15) is 0 Å². The molecule has 102 valence electrons. The Balaban J connectivity index is 2.72. The number of benzene rings is 1. The van der Waals surface area contributed by atoms with Crippen LogP contribution < -0.4 is 0 Å². The van der Waals surface area contributed by atoms with E-state index >= 15 is 0 Å². The molecule has 0 radical (unpaired) electrons. The van der Waals surface area contributed by atoms with Gasteiger partial charge in [-0.25, -0.2) is 5.01 Å². The summed E-state index contributed by atoms with van der Waals surface area (Å²) < 4.78 is 0. The molecule has 6 heteroatoms. The first-order valence-electron chi connectivity index (χ1n) is 6.11. The molecule has 1 rings (SSSR count). The lowest BCUT2D eigenvalue weighted by atomic mass is 10.2. The second-order valence-corrected chi connectivity index (χ2v) is 4.09. The number of carbonyl (C=O) groups excluding carboxylic acids is 1. The van der Waals surface area contributed by atoms with Crippen molar-refractivity contribution in [2.45, 2.75) is 26.7 Å². The van der Waals surface area contributed by atoms with Gasteiger partial charge in [-0.1, -0.05) is 13.3 Å². The summed E-state index contributed by atoms with van der Waals surface area (Å²) in [4.78, 5) is 21.4. The number of nitro groups is 1. The summed E-state index contributed by atoms with van der Waals surface area (Å²) in [5, 5.41) is 16.0. The Kier molecular flexibility index (Phi) is 5.66.